The van der Waals surface area contributed by atoms with Crippen LogP contribution in [0.15, 0.2) is 47.9 Å². The third kappa shape index (κ3) is 4.84. The van der Waals surface area contributed by atoms with Crippen molar-refractivity contribution in [1.82, 2.24) is 9.21 Å². The molecule has 0 bridgehead atoms. The van der Waals surface area contributed by atoms with Crippen molar-refractivity contribution in [3.63, 3.8) is 0 Å². The van der Waals surface area contributed by atoms with Gasteiger partial charge in [0.25, 0.3) is 0 Å². The third-order valence-corrected chi connectivity index (χ3v) is 6.63. The van der Waals surface area contributed by atoms with Crippen LogP contribution in [0.3, 0.4) is 0 Å². The van der Waals surface area contributed by atoms with E-state index < -0.39 is 10.0 Å². The highest BCUT2D eigenvalue weighted by Gasteiger charge is 2.26. The molecule has 2 aromatic carbocycles. The minimum atomic E-state index is -3.47. The number of halogens is 1. The summed E-state index contributed by atoms with van der Waals surface area (Å²) in [5.41, 5.74) is 2.32. The monoisotopic (exact) mass is 418 g/mol. The van der Waals surface area contributed by atoms with Crippen LogP contribution in [0.5, 0.6) is 5.75 Å². The number of hydrogen-bond acceptors (Lipinski definition) is 5. The second-order valence-electron chi connectivity index (χ2n) is 7.10. The summed E-state index contributed by atoms with van der Waals surface area (Å²) < 4.78 is 51.4. The molecule has 0 aromatic heterocycles. The van der Waals surface area contributed by atoms with Gasteiger partial charge in [0.2, 0.25) is 10.0 Å². The van der Waals surface area contributed by atoms with Gasteiger partial charge in [0, 0.05) is 49.3 Å². The number of nitrogens with zero attached hydrogens (tertiary/aromatic N) is 2. The van der Waals surface area contributed by atoms with E-state index in [1.807, 2.05) is 30.3 Å². The van der Waals surface area contributed by atoms with Gasteiger partial charge in [0.05, 0.1) is 6.61 Å². The zero-order valence-electron chi connectivity index (χ0n) is 16.0. The normalized spacial score (nSPS) is 18.5. The van der Waals surface area contributed by atoms with E-state index >= 15 is 0 Å². The fourth-order valence-corrected chi connectivity index (χ4v) is 4.75. The molecule has 4 rings (SSSR count). The maximum absolute atomic E-state index is 13.9. The summed E-state index contributed by atoms with van der Waals surface area (Å²) in [5, 5.41) is 1.26. The summed E-state index contributed by atoms with van der Waals surface area (Å²) in [4.78, 5) is 2.11. The van der Waals surface area contributed by atoms with Gasteiger partial charge in [-0.1, -0.05) is 30.3 Å². The van der Waals surface area contributed by atoms with E-state index in [1.54, 1.807) is 6.08 Å². The molecule has 0 saturated carbocycles. The first-order valence-corrected chi connectivity index (χ1v) is 11.0. The summed E-state index contributed by atoms with van der Waals surface area (Å²) in [7, 11) is -3.47. The zero-order chi connectivity index (χ0) is 20.3. The molecule has 2 aromatic rings. The van der Waals surface area contributed by atoms with Crippen molar-refractivity contribution in [2.75, 3.05) is 33.0 Å². The summed E-state index contributed by atoms with van der Waals surface area (Å²) in [5.74, 6) is 0.360. The molecule has 0 N–H and O–H groups in total. The summed E-state index contributed by atoms with van der Waals surface area (Å²) in [6.07, 6.45) is 1.61. The Bertz CT molecular complexity index is 987. The largest absolute Gasteiger partial charge is 0.467 e. The van der Waals surface area contributed by atoms with Gasteiger partial charge in [-0.2, -0.15) is 4.31 Å². The molecular formula is C21H23FN2O4S. The van der Waals surface area contributed by atoms with Gasteiger partial charge in [0.1, 0.15) is 11.6 Å². The molecule has 1 fully saturated rings. The predicted octanol–water partition coefficient (Wildman–Crippen LogP) is 2.81. The molecule has 29 heavy (non-hydrogen) atoms. The maximum Gasteiger partial charge on any atom is 0.236 e. The number of sulfonamides is 1. The quantitative estimate of drug-likeness (QED) is 0.747. The van der Waals surface area contributed by atoms with E-state index in [-0.39, 0.29) is 12.6 Å². The molecule has 1 saturated heterocycles. The minimum absolute atomic E-state index is 0.158. The number of piperazine rings is 1. The molecule has 0 radical (unpaired) electrons. The van der Waals surface area contributed by atoms with Crippen LogP contribution in [0.4, 0.5) is 4.39 Å². The van der Waals surface area contributed by atoms with Crippen LogP contribution in [0.25, 0.3) is 6.08 Å². The van der Waals surface area contributed by atoms with Crippen molar-refractivity contribution in [1.29, 1.82) is 0 Å². The van der Waals surface area contributed by atoms with Crippen LogP contribution in [-0.2, 0) is 27.9 Å². The summed E-state index contributed by atoms with van der Waals surface area (Å²) in [6.45, 7) is 2.92. The van der Waals surface area contributed by atoms with E-state index in [9.17, 15) is 12.8 Å². The second kappa shape index (κ2) is 8.62. The van der Waals surface area contributed by atoms with Crippen molar-refractivity contribution < 1.29 is 22.3 Å². The van der Waals surface area contributed by atoms with Gasteiger partial charge < -0.3 is 9.47 Å². The highest BCUT2D eigenvalue weighted by atomic mass is 32.2. The lowest BCUT2D eigenvalue weighted by Crippen LogP contribution is -2.47. The standard InChI is InChI=1S/C21H23FN2O4S/c22-20-12-18(21-19(13-20)15-27-16-28-21)14-23-7-9-24(10-8-23)29(25,26)11-6-17-4-2-1-3-5-17/h1-6,11-13H,7-10,14-16H2/b11-6+. The van der Waals surface area contributed by atoms with Crippen LogP contribution in [-0.4, -0.2) is 50.6 Å². The maximum atomic E-state index is 13.9. The minimum Gasteiger partial charge on any atom is -0.467 e. The Morgan fingerprint density at radius 2 is 1.83 bits per heavy atom. The van der Waals surface area contributed by atoms with Crippen LogP contribution in [0, 0.1) is 5.82 Å². The molecule has 8 heteroatoms. The van der Waals surface area contributed by atoms with Crippen LogP contribution in [0.1, 0.15) is 16.7 Å². The van der Waals surface area contributed by atoms with Crippen molar-refractivity contribution in [3.8, 4) is 5.75 Å². The molecule has 6 nitrogen and oxygen atoms in total. The lowest BCUT2D eigenvalue weighted by atomic mass is 10.1. The third-order valence-electron chi connectivity index (χ3n) is 5.07. The molecular weight excluding hydrogens is 395 g/mol. The van der Waals surface area contributed by atoms with E-state index in [4.69, 9.17) is 9.47 Å². The summed E-state index contributed by atoms with van der Waals surface area (Å²) >= 11 is 0. The highest BCUT2D eigenvalue weighted by Crippen LogP contribution is 2.30. The van der Waals surface area contributed by atoms with E-state index in [1.165, 1.54) is 21.8 Å². The van der Waals surface area contributed by atoms with Gasteiger partial charge in [0.15, 0.2) is 6.79 Å². The van der Waals surface area contributed by atoms with Crippen LogP contribution >= 0.6 is 0 Å². The first kappa shape index (κ1) is 20.0. The molecule has 154 valence electrons. The smallest absolute Gasteiger partial charge is 0.236 e. The van der Waals surface area contributed by atoms with Gasteiger partial charge >= 0.3 is 0 Å². The van der Waals surface area contributed by atoms with E-state index in [0.29, 0.717) is 50.6 Å². The lowest BCUT2D eigenvalue weighted by Gasteiger charge is -2.34. The molecule has 2 aliphatic heterocycles. The first-order valence-electron chi connectivity index (χ1n) is 9.49. The Hall–Kier alpha value is -2.26. The molecule has 0 atom stereocenters. The van der Waals surface area contributed by atoms with Gasteiger partial charge in [-0.15, -0.1) is 0 Å². The number of hydrogen-bond donors (Lipinski definition) is 0. The number of rotatable bonds is 5. The predicted molar refractivity (Wildman–Crippen MR) is 108 cm³/mol. The number of benzene rings is 2. The highest BCUT2D eigenvalue weighted by molar-refractivity contribution is 7.92. The molecule has 2 heterocycles. The average Bonchev–Trinajstić information content (AvgIpc) is 2.73. The molecule has 0 aliphatic carbocycles. The molecule has 0 amide bonds. The fraction of sp³-hybridized carbons (Fsp3) is 0.333. The Labute approximate surface area is 170 Å². The van der Waals surface area contributed by atoms with E-state index in [2.05, 4.69) is 4.90 Å². The van der Waals surface area contributed by atoms with Crippen molar-refractivity contribution in [2.45, 2.75) is 13.2 Å². The van der Waals surface area contributed by atoms with Crippen molar-refractivity contribution in [2.24, 2.45) is 0 Å². The van der Waals surface area contributed by atoms with E-state index in [0.717, 1.165) is 11.1 Å². The topological polar surface area (TPSA) is 59.1 Å². The molecule has 2 aliphatic rings. The number of fused-ring (bicyclic) bond motifs is 1. The zero-order valence-corrected chi connectivity index (χ0v) is 16.8. The lowest BCUT2D eigenvalue weighted by molar-refractivity contribution is -0.0178. The van der Waals surface area contributed by atoms with Gasteiger partial charge in [-0.05, 0) is 23.8 Å². The average molecular weight is 418 g/mol. The van der Waals surface area contributed by atoms with Crippen LogP contribution < -0.4 is 4.74 Å². The Morgan fingerprint density at radius 3 is 2.59 bits per heavy atom. The SMILES string of the molecule is O=S(=O)(/C=C/c1ccccc1)N1CCN(Cc2cc(F)cc3c2OCOC3)CC1. The summed E-state index contributed by atoms with van der Waals surface area (Å²) in [6, 6.07) is 12.3. The second-order valence-corrected chi connectivity index (χ2v) is 8.92. The number of ether oxygens (including phenoxy) is 2. The van der Waals surface area contributed by atoms with Gasteiger partial charge in [-0.3, -0.25) is 4.90 Å². The Kier molecular flexibility index (Phi) is 5.96. The molecule has 0 spiro atoms. The van der Waals surface area contributed by atoms with Crippen molar-refractivity contribution >= 4 is 16.1 Å². The Balaban J connectivity index is 1.39. The van der Waals surface area contributed by atoms with Crippen LogP contribution in [0.2, 0.25) is 0 Å². The molecule has 0 unspecified atom stereocenters. The fourth-order valence-electron chi connectivity index (χ4n) is 3.57. The first-order chi connectivity index (χ1) is 14.0. The Morgan fingerprint density at radius 1 is 1.07 bits per heavy atom. The van der Waals surface area contributed by atoms with Crippen molar-refractivity contribution in [3.05, 3.63) is 70.4 Å². The van der Waals surface area contributed by atoms with Gasteiger partial charge in [-0.25, -0.2) is 12.8 Å².